The quantitative estimate of drug-likeness (QED) is 0.749. The Morgan fingerprint density at radius 3 is 2.79 bits per heavy atom. The molecule has 0 radical (unpaired) electrons. The molecule has 1 rings (SSSR count). The number of hydrogen-bond acceptors (Lipinski definition) is 2. The van der Waals surface area contributed by atoms with Gasteiger partial charge in [-0.25, -0.2) is 0 Å². The van der Waals surface area contributed by atoms with E-state index in [1.807, 2.05) is 0 Å². The Kier molecular flexibility index (Phi) is 4.16. The summed E-state index contributed by atoms with van der Waals surface area (Å²) < 4.78 is 0. The zero-order valence-electron chi connectivity index (χ0n) is 8.71. The Hall–Kier alpha value is -1.32. The van der Waals surface area contributed by atoms with Crippen molar-refractivity contribution in [2.75, 3.05) is 6.54 Å². The molecule has 1 aromatic heterocycles. The lowest BCUT2D eigenvalue weighted by Crippen LogP contribution is -2.28. The lowest BCUT2D eigenvalue weighted by atomic mass is 10.0. The predicted octanol–water partition coefficient (Wildman–Crippen LogP) is 1.58. The summed E-state index contributed by atoms with van der Waals surface area (Å²) in [7, 11) is 0. The molecule has 0 saturated carbocycles. The van der Waals surface area contributed by atoms with Crippen molar-refractivity contribution < 1.29 is 4.79 Å². The fraction of sp³-hybridized carbons (Fsp3) is 0.600. The number of carbonyl (C=O) groups is 1. The number of amides is 1. The van der Waals surface area contributed by atoms with Crippen LogP contribution in [0, 0.1) is 5.92 Å². The number of hydrogen-bond donors (Lipinski definition) is 2. The highest BCUT2D eigenvalue weighted by Crippen LogP contribution is 2.05. The number of aromatic nitrogens is 2. The van der Waals surface area contributed by atoms with E-state index in [0.717, 1.165) is 19.4 Å². The first-order valence-electron chi connectivity index (χ1n) is 5.04. The van der Waals surface area contributed by atoms with Crippen LogP contribution < -0.4 is 5.32 Å². The smallest absolute Gasteiger partial charge is 0.254 e. The summed E-state index contributed by atoms with van der Waals surface area (Å²) in [6.45, 7) is 5.02. The Bertz CT molecular complexity index is 265. The van der Waals surface area contributed by atoms with Crippen LogP contribution in [0.2, 0.25) is 0 Å². The molecule has 4 heteroatoms. The van der Waals surface area contributed by atoms with E-state index in [9.17, 15) is 4.79 Å². The molecule has 0 atom stereocenters. The van der Waals surface area contributed by atoms with Gasteiger partial charge >= 0.3 is 0 Å². The van der Waals surface area contributed by atoms with Crippen LogP contribution in [0.4, 0.5) is 0 Å². The van der Waals surface area contributed by atoms with Crippen LogP contribution >= 0.6 is 0 Å². The van der Waals surface area contributed by atoms with E-state index in [1.165, 1.54) is 6.20 Å². The minimum Gasteiger partial charge on any atom is -0.352 e. The average molecular weight is 195 g/mol. The van der Waals surface area contributed by atoms with Crippen LogP contribution in [0.5, 0.6) is 0 Å². The molecular weight excluding hydrogens is 178 g/mol. The van der Waals surface area contributed by atoms with Crippen molar-refractivity contribution in [1.82, 2.24) is 15.5 Å². The van der Waals surface area contributed by atoms with E-state index in [4.69, 9.17) is 0 Å². The maximum atomic E-state index is 11.5. The van der Waals surface area contributed by atoms with Crippen LogP contribution in [-0.2, 0) is 0 Å². The molecule has 0 spiro atoms. The molecule has 1 amide bonds. The van der Waals surface area contributed by atoms with Crippen molar-refractivity contribution in [1.29, 1.82) is 0 Å². The van der Waals surface area contributed by atoms with Crippen LogP contribution in [0.1, 0.15) is 37.0 Å². The zero-order valence-corrected chi connectivity index (χ0v) is 8.71. The second kappa shape index (κ2) is 5.42. The summed E-state index contributed by atoms with van der Waals surface area (Å²) in [5.74, 6) is 0.525. The van der Waals surface area contributed by atoms with Gasteiger partial charge in [0.15, 0.2) is 0 Å². The minimum atomic E-state index is -0.0503. The monoisotopic (exact) mass is 195 g/mol. The second-order valence-electron chi connectivity index (χ2n) is 3.38. The summed E-state index contributed by atoms with van der Waals surface area (Å²) in [6, 6.07) is 0. The molecule has 0 unspecified atom stereocenters. The number of H-pyrrole nitrogens is 1. The maximum absolute atomic E-state index is 11.5. The molecule has 0 aliphatic carbocycles. The third-order valence-electron chi connectivity index (χ3n) is 2.47. The largest absolute Gasteiger partial charge is 0.352 e. The first-order chi connectivity index (χ1) is 6.77. The highest BCUT2D eigenvalue weighted by Gasteiger charge is 2.08. The van der Waals surface area contributed by atoms with Gasteiger partial charge in [0.2, 0.25) is 0 Å². The third-order valence-corrected chi connectivity index (χ3v) is 2.47. The Morgan fingerprint density at radius 2 is 2.29 bits per heavy atom. The van der Waals surface area contributed by atoms with Crippen LogP contribution in [0.3, 0.4) is 0 Å². The molecule has 0 aliphatic rings. The SMILES string of the molecule is CCC(CC)CNC(=O)c1cn[nH]c1. The zero-order chi connectivity index (χ0) is 10.4. The Labute approximate surface area is 84.1 Å². The van der Waals surface area contributed by atoms with Crippen LogP contribution in [0.15, 0.2) is 12.4 Å². The molecule has 0 aromatic carbocycles. The molecule has 4 nitrogen and oxygen atoms in total. The summed E-state index contributed by atoms with van der Waals surface area (Å²) in [4.78, 5) is 11.5. The van der Waals surface area contributed by atoms with Gasteiger partial charge in [-0.1, -0.05) is 26.7 Å². The standard InChI is InChI=1S/C10H17N3O/c1-3-8(4-2)5-11-10(14)9-6-12-13-7-9/h6-8H,3-5H2,1-2H3,(H,11,14)(H,12,13). The van der Waals surface area contributed by atoms with Gasteiger partial charge in [0, 0.05) is 12.7 Å². The second-order valence-corrected chi connectivity index (χ2v) is 3.38. The van der Waals surface area contributed by atoms with Gasteiger partial charge in [-0.3, -0.25) is 9.89 Å². The normalized spacial score (nSPS) is 10.5. The van der Waals surface area contributed by atoms with Gasteiger partial charge < -0.3 is 5.32 Å². The first-order valence-corrected chi connectivity index (χ1v) is 5.04. The van der Waals surface area contributed by atoms with Crippen LogP contribution in [-0.4, -0.2) is 22.6 Å². The molecular formula is C10H17N3O. The summed E-state index contributed by atoms with van der Waals surface area (Å²) in [5.41, 5.74) is 0.593. The number of nitrogens with one attached hydrogen (secondary N) is 2. The van der Waals surface area contributed by atoms with Crippen molar-refractivity contribution in [3.05, 3.63) is 18.0 Å². The van der Waals surface area contributed by atoms with E-state index < -0.39 is 0 Å². The number of carbonyl (C=O) groups excluding carboxylic acids is 1. The van der Waals surface area contributed by atoms with E-state index in [1.54, 1.807) is 6.20 Å². The number of aromatic amines is 1. The topological polar surface area (TPSA) is 57.8 Å². The molecule has 78 valence electrons. The Balaban J connectivity index is 2.35. The van der Waals surface area contributed by atoms with Gasteiger partial charge in [0.25, 0.3) is 5.91 Å². The van der Waals surface area contributed by atoms with Gasteiger partial charge in [-0.2, -0.15) is 5.10 Å². The molecule has 1 heterocycles. The highest BCUT2D eigenvalue weighted by atomic mass is 16.1. The highest BCUT2D eigenvalue weighted by molar-refractivity contribution is 5.93. The average Bonchev–Trinajstić information content (AvgIpc) is 2.72. The first kappa shape index (κ1) is 10.8. The van der Waals surface area contributed by atoms with Gasteiger partial charge in [0.05, 0.1) is 11.8 Å². The van der Waals surface area contributed by atoms with Crippen molar-refractivity contribution in [2.45, 2.75) is 26.7 Å². The van der Waals surface area contributed by atoms with E-state index in [2.05, 4.69) is 29.4 Å². The lowest BCUT2D eigenvalue weighted by molar-refractivity contribution is 0.0946. The summed E-state index contributed by atoms with van der Waals surface area (Å²) in [6.07, 6.45) is 5.33. The van der Waals surface area contributed by atoms with E-state index in [0.29, 0.717) is 11.5 Å². The molecule has 14 heavy (non-hydrogen) atoms. The van der Waals surface area contributed by atoms with Gasteiger partial charge in [0.1, 0.15) is 0 Å². The molecule has 2 N–H and O–H groups in total. The summed E-state index contributed by atoms with van der Waals surface area (Å²) in [5, 5.41) is 9.23. The van der Waals surface area contributed by atoms with E-state index in [-0.39, 0.29) is 5.91 Å². The van der Waals surface area contributed by atoms with Gasteiger partial charge in [-0.15, -0.1) is 0 Å². The van der Waals surface area contributed by atoms with Crippen molar-refractivity contribution in [3.63, 3.8) is 0 Å². The number of rotatable bonds is 5. The maximum Gasteiger partial charge on any atom is 0.254 e. The fourth-order valence-electron chi connectivity index (χ4n) is 1.29. The van der Waals surface area contributed by atoms with E-state index >= 15 is 0 Å². The lowest BCUT2D eigenvalue weighted by Gasteiger charge is -2.12. The molecule has 0 fully saturated rings. The third kappa shape index (κ3) is 2.87. The molecule has 0 saturated heterocycles. The minimum absolute atomic E-state index is 0.0503. The van der Waals surface area contributed by atoms with Crippen molar-refractivity contribution in [2.24, 2.45) is 5.92 Å². The predicted molar refractivity (Wildman–Crippen MR) is 55.0 cm³/mol. The molecule has 1 aromatic rings. The summed E-state index contributed by atoms with van der Waals surface area (Å²) >= 11 is 0. The molecule has 0 bridgehead atoms. The number of nitrogens with zero attached hydrogens (tertiary/aromatic N) is 1. The van der Waals surface area contributed by atoms with Gasteiger partial charge in [-0.05, 0) is 5.92 Å². The van der Waals surface area contributed by atoms with Crippen molar-refractivity contribution in [3.8, 4) is 0 Å². The Morgan fingerprint density at radius 1 is 1.57 bits per heavy atom. The fourth-order valence-corrected chi connectivity index (χ4v) is 1.29. The molecule has 0 aliphatic heterocycles. The van der Waals surface area contributed by atoms with Crippen LogP contribution in [0.25, 0.3) is 0 Å². The van der Waals surface area contributed by atoms with Crippen molar-refractivity contribution >= 4 is 5.91 Å².